The van der Waals surface area contributed by atoms with Crippen LogP contribution in [0.5, 0.6) is 0 Å². The summed E-state index contributed by atoms with van der Waals surface area (Å²) in [7, 11) is 0. The number of likely N-dealkylation sites (tertiary alicyclic amines) is 1. The number of para-hydroxylation sites is 1. The van der Waals surface area contributed by atoms with Gasteiger partial charge in [0.2, 0.25) is 5.91 Å². The van der Waals surface area contributed by atoms with Crippen LogP contribution in [-0.2, 0) is 23.9 Å². The summed E-state index contributed by atoms with van der Waals surface area (Å²) in [5.74, 6) is -3.33. The number of ether oxygens (including phenoxy) is 2. The van der Waals surface area contributed by atoms with Crippen LogP contribution in [0.4, 0.5) is 5.69 Å². The largest absolute Gasteiger partial charge is 0.466 e. The highest BCUT2D eigenvalue weighted by Crippen LogP contribution is 2.66. The van der Waals surface area contributed by atoms with Crippen molar-refractivity contribution in [2.24, 2.45) is 17.8 Å². The second kappa shape index (κ2) is 10.9. The minimum Gasteiger partial charge on any atom is -0.466 e. The van der Waals surface area contributed by atoms with Gasteiger partial charge in [-0.1, -0.05) is 67.1 Å². The number of halogens is 1. The lowest BCUT2D eigenvalue weighted by molar-refractivity contribution is -0.162. The number of aryl methyl sites for hydroxylation is 1. The van der Waals surface area contributed by atoms with Gasteiger partial charge in [-0.2, -0.15) is 0 Å². The highest BCUT2D eigenvalue weighted by molar-refractivity contribution is 6.34. The Labute approximate surface area is 245 Å². The standard InChI is InChI=1S/C32H37ClN2O6/c1-6-16-34(26-19(3)12-11-15-22(26)33)29(38)27-32-17-20(4)31(5,41-32)25(30(39)40-7-2)24(32)28(37)35(27)23(18-36)21-13-9-8-10-14-21/h6,8-15,20,23-25,27,36H,1,7,16-18H2,2-5H3/t20?,23-,24+,25-,27?,31+,32?/m1/s1. The third-order valence-corrected chi connectivity index (χ3v) is 9.56. The van der Waals surface area contributed by atoms with Crippen molar-refractivity contribution in [1.82, 2.24) is 4.90 Å². The topological polar surface area (TPSA) is 96.4 Å². The van der Waals surface area contributed by atoms with Crippen LogP contribution < -0.4 is 4.90 Å². The average molecular weight is 581 g/mol. The smallest absolute Gasteiger partial charge is 0.312 e. The lowest BCUT2D eigenvalue weighted by Crippen LogP contribution is -2.57. The van der Waals surface area contributed by atoms with Crippen LogP contribution in [0.1, 0.15) is 44.4 Å². The van der Waals surface area contributed by atoms with Gasteiger partial charge in [0.1, 0.15) is 17.6 Å². The van der Waals surface area contributed by atoms with Crippen LogP contribution in [0.2, 0.25) is 5.02 Å². The number of hydrogen-bond donors (Lipinski definition) is 1. The van der Waals surface area contributed by atoms with Crippen LogP contribution >= 0.6 is 11.6 Å². The molecular formula is C32H37ClN2O6. The lowest BCUT2D eigenvalue weighted by Gasteiger charge is -2.40. The van der Waals surface area contributed by atoms with Crippen LogP contribution in [0, 0.1) is 24.7 Å². The summed E-state index contributed by atoms with van der Waals surface area (Å²) >= 11 is 6.65. The summed E-state index contributed by atoms with van der Waals surface area (Å²) < 4.78 is 12.3. The Balaban J connectivity index is 1.72. The molecule has 1 N–H and O–H groups in total. The minimum absolute atomic E-state index is 0.131. The van der Waals surface area contributed by atoms with Crippen molar-refractivity contribution >= 4 is 35.1 Å². The van der Waals surface area contributed by atoms with E-state index >= 15 is 0 Å². The zero-order valence-corrected chi connectivity index (χ0v) is 24.6. The molecule has 7 atom stereocenters. The van der Waals surface area contributed by atoms with Gasteiger partial charge in [-0.25, -0.2) is 0 Å². The third kappa shape index (κ3) is 4.30. The lowest BCUT2D eigenvalue weighted by atomic mass is 9.62. The van der Waals surface area contributed by atoms with Gasteiger partial charge in [-0.3, -0.25) is 14.4 Å². The molecule has 2 bridgehead atoms. The van der Waals surface area contributed by atoms with Gasteiger partial charge in [-0.15, -0.1) is 6.58 Å². The Kier molecular flexibility index (Phi) is 7.78. The number of anilines is 1. The Morgan fingerprint density at radius 3 is 2.59 bits per heavy atom. The van der Waals surface area contributed by atoms with E-state index in [4.69, 9.17) is 21.1 Å². The minimum atomic E-state index is -1.31. The Morgan fingerprint density at radius 2 is 1.98 bits per heavy atom. The van der Waals surface area contributed by atoms with Crippen molar-refractivity contribution in [3.8, 4) is 0 Å². The van der Waals surface area contributed by atoms with Gasteiger partial charge in [0.15, 0.2) is 0 Å². The van der Waals surface area contributed by atoms with Gasteiger partial charge in [0.25, 0.3) is 5.91 Å². The van der Waals surface area contributed by atoms with E-state index in [1.807, 2.05) is 63.2 Å². The molecule has 3 unspecified atom stereocenters. The van der Waals surface area contributed by atoms with Crippen LogP contribution in [-0.4, -0.2) is 64.8 Å². The Hall–Kier alpha value is -3.20. The SMILES string of the molecule is C=CCN(C(=O)C1N([C@H](CO)c2ccccc2)C(=O)[C@@H]2[C@H](C(=O)OCC)[C@@]3(C)OC12CC3C)c1c(C)cccc1Cl. The zero-order valence-electron chi connectivity index (χ0n) is 23.9. The maximum Gasteiger partial charge on any atom is 0.312 e. The molecule has 0 aliphatic carbocycles. The Bertz CT molecular complexity index is 1350. The number of esters is 1. The third-order valence-electron chi connectivity index (χ3n) is 9.26. The van der Waals surface area contributed by atoms with E-state index in [2.05, 4.69) is 6.58 Å². The predicted octanol–water partition coefficient (Wildman–Crippen LogP) is 4.47. The number of carbonyl (C=O) groups is 3. The molecule has 218 valence electrons. The number of nitrogens with zero attached hydrogens (tertiary/aromatic N) is 2. The van der Waals surface area contributed by atoms with Crippen molar-refractivity contribution in [3.63, 3.8) is 0 Å². The first-order valence-corrected chi connectivity index (χ1v) is 14.5. The number of amides is 2. The fourth-order valence-corrected chi connectivity index (χ4v) is 7.77. The van der Waals surface area contributed by atoms with E-state index in [9.17, 15) is 19.5 Å². The normalized spacial score (nSPS) is 30.7. The zero-order chi connectivity index (χ0) is 29.7. The molecule has 2 aromatic rings. The van der Waals surface area contributed by atoms with Crippen molar-refractivity contribution in [2.45, 2.75) is 57.4 Å². The summed E-state index contributed by atoms with van der Waals surface area (Å²) in [6, 6.07) is 12.5. The molecule has 3 heterocycles. The predicted molar refractivity (Wildman–Crippen MR) is 155 cm³/mol. The first-order chi connectivity index (χ1) is 19.6. The molecule has 0 saturated carbocycles. The van der Waals surface area contributed by atoms with Gasteiger partial charge in [0, 0.05) is 6.54 Å². The molecule has 41 heavy (non-hydrogen) atoms. The summed E-state index contributed by atoms with van der Waals surface area (Å²) in [4.78, 5) is 46.0. The van der Waals surface area contributed by atoms with E-state index in [0.29, 0.717) is 22.7 Å². The molecule has 3 saturated heterocycles. The van der Waals surface area contributed by atoms with E-state index in [0.717, 1.165) is 5.56 Å². The molecule has 0 radical (unpaired) electrons. The van der Waals surface area contributed by atoms with Crippen molar-refractivity contribution < 1.29 is 29.0 Å². The number of aliphatic hydroxyl groups is 1. The fraction of sp³-hybridized carbons (Fsp3) is 0.469. The van der Waals surface area contributed by atoms with Crippen molar-refractivity contribution in [2.75, 3.05) is 24.7 Å². The summed E-state index contributed by atoms with van der Waals surface area (Å²) in [6.45, 7) is 11.1. The number of fused-ring (bicyclic) bond motifs is 1. The molecule has 3 aliphatic heterocycles. The maximum absolute atomic E-state index is 14.9. The first-order valence-electron chi connectivity index (χ1n) is 14.1. The maximum atomic E-state index is 14.9. The molecule has 0 aromatic heterocycles. The molecule has 2 aromatic carbocycles. The van der Waals surface area contributed by atoms with E-state index < -0.39 is 59.5 Å². The molecule has 2 amide bonds. The number of benzene rings is 2. The van der Waals surface area contributed by atoms with E-state index in [-0.39, 0.29) is 19.1 Å². The summed E-state index contributed by atoms with van der Waals surface area (Å²) in [5.41, 5.74) is -0.344. The van der Waals surface area contributed by atoms with Gasteiger partial charge < -0.3 is 24.4 Å². The molecule has 3 aliphatic rings. The van der Waals surface area contributed by atoms with Gasteiger partial charge in [-0.05, 0) is 50.3 Å². The first kappa shape index (κ1) is 29.3. The number of aliphatic hydroxyl groups excluding tert-OH is 1. The van der Waals surface area contributed by atoms with E-state index in [1.165, 1.54) is 9.80 Å². The second-order valence-corrected chi connectivity index (χ2v) is 11.9. The average Bonchev–Trinajstić information content (AvgIpc) is 3.46. The van der Waals surface area contributed by atoms with Crippen LogP contribution in [0.15, 0.2) is 61.2 Å². The van der Waals surface area contributed by atoms with Crippen LogP contribution in [0.25, 0.3) is 0 Å². The molecule has 8 nitrogen and oxygen atoms in total. The van der Waals surface area contributed by atoms with E-state index in [1.54, 1.807) is 19.1 Å². The highest BCUT2D eigenvalue weighted by atomic mass is 35.5. The van der Waals surface area contributed by atoms with Crippen molar-refractivity contribution in [1.29, 1.82) is 0 Å². The summed E-state index contributed by atoms with van der Waals surface area (Å²) in [5, 5.41) is 11.1. The second-order valence-electron chi connectivity index (χ2n) is 11.5. The summed E-state index contributed by atoms with van der Waals surface area (Å²) in [6.07, 6.45) is 2.00. The number of rotatable bonds is 9. The highest BCUT2D eigenvalue weighted by Gasteiger charge is 2.81. The molecule has 5 rings (SSSR count). The number of hydrogen-bond acceptors (Lipinski definition) is 6. The molecule has 1 spiro atoms. The number of carbonyl (C=O) groups excluding carboxylic acids is 3. The van der Waals surface area contributed by atoms with Crippen LogP contribution in [0.3, 0.4) is 0 Å². The molecule has 3 fully saturated rings. The fourth-order valence-electron chi connectivity index (χ4n) is 7.44. The van der Waals surface area contributed by atoms with Crippen molar-refractivity contribution in [3.05, 3.63) is 77.3 Å². The van der Waals surface area contributed by atoms with Gasteiger partial charge in [0.05, 0.1) is 41.5 Å². The monoisotopic (exact) mass is 580 g/mol. The Morgan fingerprint density at radius 1 is 1.27 bits per heavy atom. The molecule has 9 heteroatoms. The molecular weight excluding hydrogens is 544 g/mol. The quantitative estimate of drug-likeness (QED) is 0.347. The van der Waals surface area contributed by atoms with Gasteiger partial charge >= 0.3 is 5.97 Å².